The molecule has 6 aliphatic heterocycles. The van der Waals surface area contributed by atoms with Gasteiger partial charge < -0.3 is 23.7 Å². The molecule has 0 radical (unpaired) electrons. The summed E-state index contributed by atoms with van der Waals surface area (Å²) in [5.74, 6) is 0.0881. The maximum absolute atomic E-state index is 12.2. The summed E-state index contributed by atoms with van der Waals surface area (Å²) in [7, 11) is 0. The number of allylic oxidation sites excluding steroid dienone is 1. The summed E-state index contributed by atoms with van der Waals surface area (Å²) in [6.07, 6.45) is 4.10. The highest BCUT2D eigenvalue weighted by Gasteiger charge is 2.68. The van der Waals surface area contributed by atoms with Gasteiger partial charge in [0.05, 0.1) is 18.3 Å². The molecular formula is C22H30ClIO6S. The zero-order valence-electron chi connectivity index (χ0n) is 17.7. The maximum Gasteiger partial charge on any atom is 0.191 e. The van der Waals surface area contributed by atoms with E-state index in [4.69, 9.17) is 35.3 Å². The van der Waals surface area contributed by atoms with Gasteiger partial charge in [-0.1, -0.05) is 25.3 Å². The number of ether oxygens (including phenoxy) is 5. The zero-order valence-corrected chi connectivity index (χ0v) is 21.4. The third-order valence-corrected chi connectivity index (χ3v) is 8.60. The fourth-order valence-electron chi connectivity index (χ4n) is 5.75. The van der Waals surface area contributed by atoms with Crippen molar-refractivity contribution in [3.8, 4) is 0 Å². The van der Waals surface area contributed by atoms with Gasteiger partial charge in [-0.2, -0.15) is 0 Å². The molecule has 10 atom stereocenters. The molecule has 0 spiro atoms. The van der Waals surface area contributed by atoms with Gasteiger partial charge in [0.1, 0.15) is 30.5 Å². The average molecular weight is 585 g/mol. The number of rotatable bonds is 8. The van der Waals surface area contributed by atoms with Crippen LogP contribution in [0.3, 0.4) is 0 Å². The molecule has 6 saturated heterocycles. The zero-order chi connectivity index (χ0) is 21.8. The molecule has 0 aromatic carbocycles. The minimum Gasteiger partial charge on any atom is -0.369 e. The molecule has 2 unspecified atom stereocenters. The van der Waals surface area contributed by atoms with Crippen LogP contribution in [0.15, 0.2) is 10.2 Å². The lowest BCUT2D eigenvalue weighted by atomic mass is 9.87. The van der Waals surface area contributed by atoms with Crippen molar-refractivity contribution >= 4 is 51.1 Å². The molecular weight excluding hydrogens is 555 g/mol. The van der Waals surface area contributed by atoms with E-state index in [1.54, 1.807) is 0 Å². The van der Waals surface area contributed by atoms with Crippen LogP contribution in [0.4, 0.5) is 0 Å². The number of fused-ring (bicyclic) bond motifs is 1. The van der Waals surface area contributed by atoms with Crippen LogP contribution in [0.25, 0.3) is 0 Å². The molecule has 6 nitrogen and oxygen atoms in total. The number of alkyl halides is 1. The lowest BCUT2D eigenvalue weighted by molar-refractivity contribution is -0.291. The van der Waals surface area contributed by atoms with Crippen molar-refractivity contribution in [1.29, 1.82) is 0 Å². The summed E-state index contributed by atoms with van der Waals surface area (Å²) >= 11 is 10.1. The predicted octanol–water partition coefficient (Wildman–Crippen LogP) is 4.35. The van der Waals surface area contributed by atoms with Gasteiger partial charge in [-0.05, 0) is 57.6 Å². The molecule has 6 rings (SSSR count). The topological polar surface area (TPSA) is 63.2 Å². The molecule has 6 fully saturated rings. The number of carbonyl (C=O) groups excluding carboxylic acids is 1. The van der Waals surface area contributed by atoms with Crippen LogP contribution in [0.1, 0.15) is 51.9 Å². The Kier molecular flexibility index (Phi) is 7.01. The summed E-state index contributed by atoms with van der Waals surface area (Å²) < 4.78 is 33.5. The molecule has 31 heavy (non-hydrogen) atoms. The van der Waals surface area contributed by atoms with Gasteiger partial charge in [-0.15, -0.1) is 11.6 Å². The third kappa shape index (κ3) is 4.61. The Morgan fingerprint density at radius 3 is 2.65 bits per heavy atom. The van der Waals surface area contributed by atoms with Gasteiger partial charge in [0, 0.05) is 24.6 Å². The van der Waals surface area contributed by atoms with Gasteiger partial charge in [0.15, 0.2) is 10.9 Å². The molecule has 0 aromatic heterocycles. The first-order chi connectivity index (χ1) is 14.9. The molecule has 0 N–H and O–H groups in total. The van der Waals surface area contributed by atoms with Crippen LogP contribution in [0, 0.1) is 0 Å². The SMILES string of the molecule is C=C(I)C[C@H](Cl)CC[C@@]12C[C@H]3OC4[C@@H](O[C@H]5CC[C@H](CC(=O)SCC)O[C@@H]5[C@@H]4O1)C3O2. The standard InChI is InChI=1S/C22H30ClIO6S/c1-3-31-16(25)9-13-4-5-14-17(26-13)21-20-19(27-14)18-15(28-20)10-22(29-18,30-21)7-6-12(23)8-11(2)24/h12-15,17-21H,2-10H2,1H3/t12-,13-,14+,15-,17+,18?,19+,20?,21+,22+/m1/s1. The van der Waals surface area contributed by atoms with E-state index in [1.165, 1.54) is 11.8 Å². The van der Waals surface area contributed by atoms with Crippen LogP contribution < -0.4 is 0 Å². The van der Waals surface area contributed by atoms with E-state index in [0.29, 0.717) is 19.3 Å². The van der Waals surface area contributed by atoms with Crippen molar-refractivity contribution in [3.05, 3.63) is 10.2 Å². The number of halogens is 2. The van der Waals surface area contributed by atoms with Crippen LogP contribution >= 0.6 is 46.0 Å². The highest BCUT2D eigenvalue weighted by molar-refractivity contribution is 14.1. The fraction of sp³-hybridized carbons (Fsp3) is 0.864. The number of carbonyl (C=O) groups is 1. The van der Waals surface area contributed by atoms with Gasteiger partial charge >= 0.3 is 0 Å². The predicted molar refractivity (Wildman–Crippen MR) is 127 cm³/mol. The van der Waals surface area contributed by atoms with Crippen molar-refractivity contribution < 1.29 is 28.5 Å². The average Bonchev–Trinajstić information content (AvgIpc) is 3.11. The van der Waals surface area contributed by atoms with Crippen molar-refractivity contribution in [2.45, 2.75) is 112 Å². The second kappa shape index (κ2) is 9.32. The Morgan fingerprint density at radius 1 is 1.13 bits per heavy atom. The first-order valence-electron chi connectivity index (χ1n) is 11.3. The van der Waals surface area contributed by atoms with E-state index in [9.17, 15) is 4.79 Å². The van der Waals surface area contributed by atoms with Crippen molar-refractivity contribution in [3.63, 3.8) is 0 Å². The molecule has 0 saturated carbocycles. The van der Waals surface area contributed by atoms with E-state index in [0.717, 1.165) is 35.0 Å². The van der Waals surface area contributed by atoms with Gasteiger partial charge in [-0.3, -0.25) is 4.79 Å². The summed E-state index contributed by atoms with van der Waals surface area (Å²) in [5.41, 5.74) is 0. The second-order valence-electron chi connectivity index (χ2n) is 9.22. The van der Waals surface area contributed by atoms with Crippen molar-refractivity contribution in [1.82, 2.24) is 0 Å². The Bertz CT molecular complexity index is 726. The fourth-order valence-corrected chi connectivity index (χ4v) is 7.47. The third-order valence-electron chi connectivity index (χ3n) is 7.01. The maximum atomic E-state index is 12.2. The highest BCUT2D eigenvalue weighted by Crippen LogP contribution is 2.54. The number of thioether (sulfide) groups is 1. The summed E-state index contributed by atoms with van der Waals surface area (Å²) in [5, 5.41) is 0.191. The van der Waals surface area contributed by atoms with E-state index in [1.807, 2.05) is 6.92 Å². The lowest BCUT2D eigenvalue weighted by Gasteiger charge is -2.47. The van der Waals surface area contributed by atoms with Crippen LogP contribution in [0.2, 0.25) is 0 Å². The van der Waals surface area contributed by atoms with Crippen LogP contribution in [-0.2, 0) is 28.5 Å². The Balaban J connectivity index is 1.30. The molecule has 0 aliphatic carbocycles. The van der Waals surface area contributed by atoms with Crippen molar-refractivity contribution in [2.24, 2.45) is 0 Å². The molecule has 6 aliphatic rings. The number of hydrogen-bond donors (Lipinski definition) is 0. The van der Waals surface area contributed by atoms with Crippen LogP contribution in [0.5, 0.6) is 0 Å². The molecule has 9 heteroatoms. The Hall–Kier alpha value is 0.580. The second-order valence-corrected chi connectivity index (χ2v) is 12.7. The smallest absolute Gasteiger partial charge is 0.191 e. The Labute approximate surface area is 206 Å². The normalized spacial score (nSPS) is 45.9. The molecule has 6 heterocycles. The van der Waals surface area contributed by atoms with Gasteiger partial charge in [0.25, 0.3) is 0 Å². The largest absolute Gasteiger partial charge is 0.369 e. The Morgan fingerprint density at radius 2 is 1.87 bits per heavy atom. The van der Waals surface area contributed by atoms with E-state index < -0.39 is 5.79 Å². The first-order valence-corrected chi connectivity index (χ1v) is 13.8. The number of hydrogen-bond acceptors (Lipinski definition) is 7. The van der Waals surface area contributed by atoms with Gasteiger partial charge in [-0.25, -0.2) is 0 Å². The van der Waals surface area contributed by atoms with Gasteiger partial charge in [0.2, 0.25) is 0 Å². The first kappa shape index (κ1) is 23.3. The van der Waals surface area contributed by atoms with Crippen LogP contribution in [-0.4, -0.2) is 70.9 Å². The minimum atomic E-state index is -0.703. The molecule has 0 aromatic rings. The van der Waals surface area contributed by atoms with E-state index in [-0.39, 0.29) is 59.3 Å². The molecule has 0 amide bonds. The van der Waals surface area contributed by atoms with E-state index in [2.05, 4.69) is 29.2 Å². The molecule has 6 bridgehead atoms. The highest BCUT2D eigenvalue weighted by atomic mass is 127. The summed E-state index contributed by atoms with van der Waals surface area (Å²) in [6, 6.07) is 0. The quantitative estimate of drug-likeness (QED) is 0.311. The van der Waals surface area contributed by atoms with E-state index >= 15 is 0 Å². The minimum absolute atomic E-state index is 0.00459. The lowest BCUT2D eigenvalue weighted by Crippen LogP contribution is -2.61. The summed E-state index contributed by atoms with van der Waals surface area (Å²) in [4.78, 5) is 12.2. The molecule has 174 valence electrons. The summed E-state index contributed by atoms with van der Waals surface area (Å²) in [6.45, 7) is 5.95. The monoisotopic (exact) mass is 584 g/mol. The van der Waals surface area contributed by atoms with Crippen molar-refractivity contribution in [2.75, 3.05) is 5.75 Å².